The number of para-hydroxylation sites is 1. The largest absolute Gasteiger partial charge is 0.465 e. The standard InChI is InChI=1S/C23H25N3O3/c1-23(2,3)26(22(28)29)18-11-7-6-10-17(18)21(27)12-19-15-8-4-5-9-16(15)20-13-24-14-25(19)20/h4-11,13-14,19,21,27H,12H2,1-3H3,(H,28,29). The maximum atomic E-state index is 12.0. The Hall–Kier alpha value is -3.12. The van der Waals surface area contributed by atoms with Crippen molar-refractivity contribution in [3.63, 3.8) is 0 Å². The van der Waals surface area contributed by atoms with Crippen LogP contribution in [0.2, 0.25) is 0 Å². The fraction of sp³-hybridized carbons (Fsp3) is 0.304. The summed E-state index contributed by atoms with van der Waals surface area (Å²) >= 11 is 0. The van der Waals surface area contributed by atoms with Crippen LogP contribution in [0.1, 0.15) is 50.5 Å². The molecular formula is C23H25N3O3. The molecule has 1 aliphatic heterocycles. The Kier molecular flexibility index (Phi) is 4.67. The third-order valence-electron chi connectivity index (χ3n) is 5.44. The lowest BCUT2D eigenvalue weighted by molar-refractivity contribution is 0.153. The van der Waals surface area contributed by atoms with E-state index >= 15 is 0 Å². The van der Waals surface area contributed by atoms with Gasteiger partial charge in [-0.15, -0.1) is 0 Å². The molecule has 29 heavy (non-hydrogen) atoms. The van der Waals surface area contributed by atoms with Crippen molar-refractivity contribution in [2.24, 2.45) is 0 Å². The van der Waals surface area contributed by atoms with E-state index in [1.807, 2.05) is 45.2 Å². The van der Waals surface area contributed by atoms with Gasteiger partial charge in [-0.1, -0.05) is 42.5 Å². The highest BCUT2D eigenvalue weighted by molar-refractivity contribution is 5.88. The fourth-order valence-corrected chi connectivity index (χ4v) is 4.24. The van der Waals surface area contributed by atoms with E-state index in [0.717, 1.165) is 16.8 Å². The number of carboxylic acid groups (broad SMARTS) is 1. The highest BCUT2D eigenvalue weighted by Crippen LogP contribution is 2.44. The smallest absolute Gasteiger partial charge is 0.412 e. The number of hydrogen-bond acceptors (Lipinski definition) is 3. The van der Waals surface area contributed by atoms with Crippen LogP contribution in [0.3, 0.4) is 0 Å². The van der Waals surface area contributed by atoms with Crippen molar-refractivity contribution in [2.45, 2.75) is 44.9 Å². The average molecular weight is 391 g/mol. The molecule has 0 saturated carbocycles. The van der Waals surface area contributed by atoms with Crippen molar-refractivity contribution in [1.82, 2.24) is 9.55 Å². The van der Waals surface area contributed by atoms with Crippen molar-refractivity contribution in [3.8, 4) is 11.3 Å². The van der Waals surface area contributed by atoms with Gasteiger partial charge < -0.3 is 14.8 Å². The number of anilines is 1. The van der Waals surface area contributed by atoms with E-state index in [4.69, 9.17) is 0 Å². The van der Waals surface area contributed by atoms with Crippen LogP contribution in [0.4, 0.5) is 10.5 Å². The minimum Gasteiger partial charge on any atom is -0.465 e. The van der Waals surface area contributed by atoms with Crippen LogP contribution in [0, 0.1) is 0 Å². The number of aliphatic hydroxyl groups is 1. The molecule has 0 bridgehead atoms. The van der Waals surface area contributed by atoms with Crippen LogP contribution in [0.15, 0.2) is 61.1 Å². The zero-order valence-electron chi connectivity index (χ0n) is 16.8. The zero-order valence-corrected chi connectivity index (χ0v) is 16.8. The van der Waals surface area contributed by atoms with Crippen molar-refractivity contribution >= 4 is 11.8 Å². The molecule has 0 fully saturated rings. The molecule has 150 valence electrons. The second kappa shape index (κ2) is 7.04. The third-order valence-corrected chi connectivity index (χ3v) is 5.44. The molecular weight excluding hydrogens is 366 g/mol. The lowest BCUT2D eigenvalue weighted by atomic mass is 9.94. The highest BCUT2D eigenvalue weighted by Gasteiger charge is 2.34. The van der Waals surface area contributed by atoms with Crippen molar-refractivity contribution in [3.05, 3.63) is 72.2 Å². The topological polar surface area (TPSA) is 78.6 Å². The molecule has 2 heterocycles. The predicted octanol–water partition coefficient (Wildman–Crippen LogP) is 4.86. The summed E-state index contributed by atoms with van der Waals surface area (Å²) in [7, 11) is 0. The first-order chi connectivity index (χ1) is 13.8. The number of amides is 1. The van der Waals surface area contributed by atoms with Gasteiger partial charge in [0.05, 0.1) is 36.1 Å². The second-order valence-corrected chi connectivity index (χ2v) is 8.39. The number of aliphatic hydroxyl groups excluding tert-OH is 1. The fourth-order valence-electron chi connectivity index (χ4n) is 4.24. The van der Waals surface area contributed by atoms with Gasteiger partial charge in [0, 0.05) is 23.1 Å². The Balaban J connectivity index is 1.71. The number of carbonyl (C=O) groups is 1. The summed E-state index contributed by atoms with van der Waals surface area (Å²) in [5.74, 6) is 0. The van der Waals surface area contributed by atoms with Gasteiger partial charge in [0.2, 0.25) is 0 Å². The summed E-state index contributed by atoms with van der Waals surface area (Å²) in [5.41, 5.74) is 3.78. The van der Waals surface area contributed by atoms with E-state index in [-0.39, 0.29) is 6.04 Å². The molecule has 2 aromatic carbocycles. The molecule has 4 rings (SSSR count). The van der Waals surface area contributed by atoms with E-state index < -0.39 is 17.7 Å². The Morgan fingerprint density at radius 2 is 1.86 bits per heavy atom. The second-order valence-electron chi connectivity index (χ2n) is 8.39. The van der Waals surface area contributed by atoms with E-state index in [9.17, 15) is 15.0 Å². The average Bonchev–Trinajstić information content (AvgIpc) is 3.24. The summed E-state index contributed by atoms with van der Waals surface area (Å²) in [6, 6.07) is 15.3. The van der Waals surface area contributed by atoms with Crippen LogP contribution >= 0.6 is 0 Å². The van der Waals surface area contributed by atoms with Gasteiger partial charge in [0.1, 0.15) is 0 Å². The zero-order chi connectivity index (χ0) is 20.8. The predicted molar refractivity (Wildman–Crippen MR) is 112 cm³/mol. The minimum atomic E-state index is -1.04. The Morgan fingerprint density at radius 1 is 1.17 bits per heavy atom. The molecule has 2 N–H and O–H groups in total. The number of hydrogen-bond donors (Lipinski definition) is 2. The summed E-state index contributed by atoms with van der Waals surface area (Å²) in [6.45, 7) is 5.53. The first-order valence-electron chi connectivity index (χ1n) is 9.70. The van der Waals surface area contributed by atoms with Crippen molar-refractivity contribution < 1.29 is 15.0 Å². The van der Waals surface area contributed by atoms with Crippen LogP contribution < -0.4 is 4.90 Å². The summed E-state index contributed by atoms with van der Waals surface area (Å²) < 4.78 is 2.08. The quantitative estimate of drug-likeness (QED) is 0.666. The van der Waals surface area contributed by atoms with Gasteiger partial charge in [-0.2, -0.15) is 0 Å². The Labute approximate surface area is 170 Å². The minimum absolute atomic E-state index is 0.0559. The van der Waals surface area contributed by atoms with E-state index in [1.54, 1.807) is 24.5 Å². The first-order valence-corrected chi connectivity index (χ1v) is 9.70. The molecule has 1 aromatic heterocycles. The van der Waals surface area contributed by atoms with Gasteiger partial charge in [0.25, 0.3) is 0 Å². The Morgan fingerprint density at radius 3 is 2.59 bits per heavy atom. The van der Waals surface area contributed by atoms with Crippen LogP contribution in [-0.2, 0) is 0 Å². The molecule has 0 spiro atoms. The number of imidazole rings is 1. The summed E-state index contributed by atoms with van der Waals surface area (Å²) in [6.07, 6.45) is 2.18. The number of benzene rings is 2. The SMILES string of the molecule is CC(C)(C)N(C(=O)O)c1ccccc1C(O)CC1c2ccccc2-c2cncn21. The summed E-state index contributed by atoms with van der Waals surface area (Å²) in [4.78, 5) is 17.6. The molecule has 2 unspecified atom stereocenters. The van der Waals surface area contributed by atoms with E-state index in [2.05, 4.69) is 21.7 Å². The third kappa shape index (κ3) is 3.29. The van der Waals surface area contributed by atoms with Gasteiger partial charge >= 0.3 is 6.09 Å². The molecule has 0 aliphatic carbocycles. The van der Waals surface area contributed by atoms with Crippen LogP contribution in [0.5, 0.6) is 0 Å². The van der Waals surface area contributed by atoms with Crippen molar-refractivity contribution in [1.29, 1.82) is 0 Å². The van der Waals surface area contributed by atoms with Crippen LogP contribution in [-0.4, -0.2) is 31.4 Å². The highest BCUT2D eigenvalue weighted by atomic mass is 16.4. The number of nitrogens with zero attached hydrogens (tertiary/aromatic N) is 3. The lowest BCUT2D eigenvalue weighted by Crippen LogP contribution is -2.45. The van der Waals surface area contributed by atoms with Gasteiger partial charge in [-0.05, 0) is 32.4 Å². The molecule has 1 aliphatic rings. The lowest BCUT2D eigenvalue weighted by Gasteiger charge is -2.35. The van der Waals surface area contributed by atoms with Gasteiger partial charge in [-0.3, -0.25) is 4.90 Å². The molecule has 2 atom stereocenters. The van der Waals surface area contributed by atoms with Crippen LogP contribution in [0.25, 0.3) is 11.3 Å². The molecule has 0 saturated heterocycles. The maximum absolute atomic E-state index is 12.0. The number of fused-ring (bicyclic) bond motifs is 3. The van der Waals surface area contributed by atoms with Gasteiger partial charge in [-0.25, -0.2) is 9.78 Å². The van der Waals surface area contributed by atoms with Gasteiger partial charge in [0.15, 0.2) is 0 Å². The first kappa shape index (κ1) is 19.2. The molecule has 3 aromatic rings. The van der Waals surface area contributed by atoms with Crippen molar-refractivity contribution in [2.75, 3.05) is 4.90 Å². The number of aromatic nitrogens is 2. The molecule has 6 heteroatoms. The maximum Gasteiger partial charge on any atom is 0.412 e. The number of rotatable bonds is 4. The Bertz CT molecular complexity index is 1050. The van der Waals surface area contributed by atoms with E-state index in [0.29, 0.717) is 17.7 Å². The molecule has 0 radical (unpaired) electrons. The summed E-state index contributed by atoms with van der Waals surface area (Å²) in [5, 5.41) is 21.0. The molecule has 1 amide bonds. The molecule has 6 nitrogen and oxygen atoms in total. The van der Waals surface area contributed by atoms with E-state index in [1.165, 1.54) is 4.90 Å². The normalized spacial score (nSPS) is 16.2. The monoisotopic (exact) mass is 391 g/mol.